The van der Waals surface area contributed by atoms with Gasteiger partial charge in [0.1, 0.15) is 5.69 Å². The lowest BCUT2D eigenvalue weighted by atomic mass is 10.3. The summed E-state index contributed by atoms with van der Waals surface area (Å²) >= 11 is 0. The molecule has 2 heterocycles. The van der Waals surface area contributed by atoms with E-state index in [9.17, 15) is 18.3 Å². The number of aromatic amines is 1. The van der Waals surface area contributed by atoms with E-state index in [0.717, 1.165) is 18.4 Å². The van der Waals surface area contributed by atoms with Crippen LogP contribution in [0.5, 0.6) is 0 Å². The summed E-state index contributed by atoms with van der Waals surface area (Å²) in [4.78, 5) is 11.7. The third-order valence-corrected chi connectivity index (χ3v) is 6.25. The van der Waals surface area contributed by atoms with Crippen molar-refractivity contribution in [2.45, 2.75) is 35.6 Å². The third-order valence-electron chi connectivity index (χ3n) is 4.39. The Hall–Kier alpha value is -2.61. The number of carboxylic acid groups (broad SMARTS) is 1. The van der Waals surface area contributed by atoms with Crippen molar-refractivity contribution in [3.05, 3.63) is 41.9 Å². The lowest BCUT2D eigenvalue weighted by Gasteiger charge is -2.08. The van der Waals surface area contributed by atoms with E-state index < -0.39 is 15.8 Å². The fraction of sp³-hybridized carbons (Fsp3) is 0.250. The molecule has 24 heavy (non-hydrogen) atoms. The number of aromatic nitrogens is 3. The Kier molecular flexibility index (Phi) is 3.08. The van der Waals surface area contributed by atoms with Crippen molar-refractivity contribution in [3.8, 4) is 0 Å². The predicted octanol–water partition coefficient (Wildman–Crippen LogP) is 2.54. The first-order chi connectivity index (χ1) is 11.4. The van der Waals surface area contributed by atoms with E-state index in [4.69, 9.17) is 0 Å². The van der Waals surface area contributed by atoms with E-state index in [-0.39, 0.29) is 21.5 Å². The van der Waals surface area contributed by atoms with E-state index in [2.05, 4.69) is 10.2 Å². The number of nitrogens with one attached hydrogen (secondary N) is 1. The van der Waals surface area contributed by atoms with Gasteiger partial charge >= 0.3 is 5.97 Å². The number of hydrogen-bond donors (Lipinski definition) is 2. The highest BCUT2D eigenvalue weighted by Crippen LogP contribution is 2.40. The van der Waals surface area contributed by atoms with Crippen molar-refractivity contribution in [1.29, 1.82) is 0 Å². The molecule has 3 aromatic rings. The molecule has 0 atom stereocenters. The molecule has 7 nitrogen and oxygen atoms in total. The molecule has 1 aliphatic carbocycles. The van der Waals surface area contributed by atoms with Crippen LogP contribution < -0.4 is 0 Å². The molecule has 0 saturated heterocycles. The van der Waals surface area contributed by atoms with E-state index in [1.165, 1.54) is 12.1 Å². The standard InChI is InChI=1S/C16H15N3O4S/c1-9-15(7-14(16(20)21)19(9)11-2-3-11)24(22,23)12-4-5-13-10(6-12)8-17-18-13/h4-8,11H,2-3H2,1H3,(H,17,18)(H,20,21). The van der Waals surface area contributed by atoms with Crippen LogP contribution in [0.15, 0.2) is 40.3 Å². The second-order valence-electron chi connectivity index (χ2n) is 6.01. The maximum absolute atomic E-state index is 13.0. The van der Waals surface area contributed by atoms with Gasteiger partial charge in [-0.15, -0.1) is 0 Å². The molecule has 0 unspecified atom stereocenters. The van der Waals surface area contributed by atoms with Gasteiger partial charge in [0.2, 0.25) is 9.84 Å². The molecule has 1 fully saturated rings. The Morgan fingerprint density at radius 1 is 1.33 bits per heavy atom. The van der Waals surface area contributed by atoms with Gasteiger partial charge in [-0.1, -0.05) is 0 Å². The van der Waals surface area contributed by atoms with Gasteiger partial charge in [-0.25, -0.2) is 13.2 Å². The van der Waals surface area contributed by atoms with Crippen LogP contribution in [0.3, 0.4) is 0 Å². The second kappa shape index (κ2) is 4.94. The van der Waals surface area contributed by atoms with Crippen molar-refractivity contribution in [3.63, 3.8) is 0 Å². The summed E-state index contributed by atoms with van der Waals surface area (Å²) < 4.78 is 27.7. The van der Waals surface area contributed by atoms with E-state index in [1.54, 1.807) is 29.8 Å². The molecule has 0 amide bonds. The molecule has 0 spiro atoms. The van der Waals surface area contributed by atoms with Crippen LogP contribution in [0.4, 0.5) is 0 Å². The van der Waals surface area contributed by atoms with Crippen molar-refractivity contribution < 1.29 is 18.3 Å². The van der Waals surface area contributed by atoms with Gasteiger partial charge in [0.05, 0.1) is 21.5 Å². The topological polar surface area (TPSA) is 105 Å². The molecule has 0 aliphatic heterocycles. The van der Waals surface area contributed by atoms with E-state index in [1.807, 2.05) is 0 Å². The highest BCUT2D eigenvalue weighted by Gasteiger charge is 2.34. The number of H-pyrrole nitrogens is 1. The van der Waals surface area contributed by atoms with Gasteiger partial charge in [-0.2, -0.15) is 5.10 Å². The SMILES string of the molecule is Cc1c(S(=O)(=O)c2ccc3[nH]ncc3c2)cc(C(=O)O)n1C1CC1. The maximum atomic E-state index is 13.0. The van der Waals surface area contributed by atoms with Gasteiger partial charge in [0.15, 0.2) is 0 Å². The molecule has 1 aliphatic rings. The Morgan fingerprint density at radius 3 is 2.75 bits per heavy atom. The highest BCUT2D eigenvalue weighted by molar-refractivity contribution is 7.91. The average Bonchev–Trinajstić information content (AvgIpc) is 3.14. The minimum absolute atomic E-state index is 0.0259. The molecular weight excluding hydrogens is 330 g/mol. The van der Waals surface area contributed by atoms with Gasteiger partial charge in [-0.05, 0) is 44.0 Å². The molecule has 124 valence electrons. The van der Waals surface area contributed by atoms with Crippen molar-refractivity contribution >= 4 is 26.7 Å². The summed E-state index contributed by atoms with van der Waals surface area (Å²) in [5.74, 6) is -1.11. The Bertz CT molecular complexity index is 1070. The van der Waals surface area contributed by atoms with Gasteiger partial charge < -0.3 is 9.67 Å². The number of fused-ring (bicyclic) bond motifs is 1. The van der Waals surface area contributed by atoms with Crippen LogP contribution in [0, 0.1) is 6.92 Å². The molecule has 2 N–H and O–H groups in total. The van der Waals surface area contributed by atoms with E-state index in [0.29, 0.717) is 11.1 Å². The molecule has 0 bridgehead atoms. The smallest absolute Gasteiger partial charge is 0.352 e. The number of rotatable bonds is 4. The maximum Gasteiger partial charge on any atom is 0.352 e. The van der Waals surface area contributed by atoms with E-state index >= 15 is 0 Å². The lowest BCUT2D eigenvalue weighted by Crippen LogP contribution is -2.08. The normalized spacial score (nSPS) is 15.0. The minimum atomic E-state index is -3.81. The fourth-order valence-corrected chi connectivity index (χ4v) is 4.59. The Labute approximate surface area is 137 Å². The Morgan fingerprint density at radius 2 is 2.08 bits per heavy atom. The highest BCUT2D eigenvalue weighted by atomic mass is 32.2. The first-order valence-corrected chi connectivity index (χ1v) is 9.01. The average molecular weight is 345 g/mol. The van der Waals surface area contributed by atoms with Crippen LogP contribution in [0.25, 0.3) is 10.9 Å². The molecule has 2 aromatic heterocycles. The summed E-state index contributed by atoms with van der Waals surface area (Å²) in [5, 5.41) is 16.8. The third kappa shape index (κ3) is 2.14. The van der Waals surface area contributed by atoms with Gasteiger partial charge in [0, 0.05) is 17.1 Å². The number of hydrogen-bond acceptors (Lipinski definition) is 4. The number of carboxylic acids is 1. The summed E-state index contributed by atoms with van der Waals surface area (Å²) in [6.45, 7) is 1.66. The zero-order chi connectivity index (χ0) is 17.1. The zero-order valence-electron chi connectivity index (χ0n) is 12.9. The summed E-state index contributed by atoms with van der Waals surface area (Å²) in [6, 6.07) is 6.05. The van der Waals surface area contributed by atoms with Crippen molar-refractivity contribution in [2.24, 2.45) is 0 Å². The van der Waals surface area contributed by atoms with Crippen LogP contribution in [0.2, 0.25) is 0 Å². The number of nitrogens with zero attached hydrogens (tertiary/aromatic N) is 2. The lowest BCUT2D eigenvalue weighted by molar-refractivity contribution is 0.0684. The first-order valence-electron chi connectivity index (χ1n) is 7.53. The van der Waals surface area contributed by atoms with Crippen LogP contribution in [-0.2, 0) is 9.84 Å². The minimum Gasteiger partial charge on any atom is -0.477 e. The quantitative estimate of drug-likeness (QED) is 0.756. The van der Waals surface area contributed by atoms with Crippen LogP contribution >= 0.6 is 0 Å². The summed E-state index contributed by atoms with van der Waals surface area (Å²) in [6.07, 6.45) is 3.30. The van der Waals surface area contributed by atoms with Gasteiger partial charge in [0.25, 0.3) is 0 Å². The number of carbonyl (C=O) groups is 1. The van der Waals surface area contributed by atoms with Crippen molar-refractivity contribution in [2.75, 3.05) is 0 Å². The van der Waals surface area contributed by atoms with Crippen molar-refractivity contribution in [1.82, 2.24) is 14.8 Å². The summed E-state index contributed by atoms with van der Waals surface area (Å²) in [7, 11) is -3.81. The Balaban J connectivity index is 1.90. The van der Waals surface area contributed by atoms with Crippen LogP contribution in [-0.4, -0.2) is 34.3 Å². The molecule has 8 heteroatoms. The summed E-state index contributed by atoms with van der Waals surface area (Å²) in [5.41, 5.74) is 1.24. The monoisotopic (exact) mass is 345 g/mol. The predicted molar refractivity (Wildman–Crippen MR) is 85.9 cm³/mol. The fourth-order valence-electron chi connectivity index (χ4n) is 3.05. The first kappa shape index (κ1) is 14.9. The largest absolute Gasteiger partial charge is 0.477 e. The molecule has 0 radical (unpaired) electrons. The molecule has 1 saturated carbocycles. The molecular formula is C16H15N3O4S. The number of aromatic carboxylic acids is 1. The zero-order valence-corrected chi connectivity index (χ0v) is 13.7. The van der Waals surface area contributed by atoms with Gasteiger partial charge in [-0.3, -0.25) is 5.10 Å². The molecule has 1 aromatic carbocycles. The van der Waals surface area contributed by atoms with Crippen LogP contribution in [0.1, 0.15) is 35.1 Å². The number of benzene rings is 1. The second-order valence-corrected chi connectivity index (χ2v) is 7.93. The molecule has 4 rings (SSSR count). The number of sulfone groups is 1.